The van der Waals surface area contributed by atoms with Gasteiger partial charge in [0.25, 0.3) is 5.89 Å². The molecule has 1 aromatic carbocycles. The molecule has 0 atom stereocenters. The van der Waals surface area contributed by atoms with Crippen molar-refractivity contribution < 1.29 is 4.52 Å². The van der Waals surface area contributed by atoms with Gasteiger partial charge >= 0.3 is 0 Å². The Morgan fingerprint density at radius 1 is 1.41 bits per heavy atom. The zero-order chi connectivity index (χ0) is 12.3. The molecule has 0 bridgehead atoms. The normalized spacial score (nSPS) is 10.8. The van der Waals surface area contributed by atoms with Gasteiger partial charge in [-0.3, -0.25) is 0 Å². The van der Waals surface area contributed by atoms with Crippen molar-refractivity contribution in [1.82, 2.24) is 10.1 Å². The van der Waals surface area contributed by atoms with Crippen LogP contribution >= 0.6 is 27.5 Å². The Balaban J connectivity index is 2.27. The van der Waals surface area contributed by atoms with Crippen molar-refractivity contribution >= 4 is 27.5 Å². The van der Waals surface area contributed by atoms with E-state index in [2.05, 4.69) is 26.1 Å². The highest BCUT2D eigenvalue weighted by Crippen LogP contribution is 2.29. The van der Waals surface area contributed by atoms with E-state index in [1.807, 2.05) is 12.1 Å². The summed E-state index contributed by atoms with van der Waals surface area (Å²) in [6.07, 6.45) is 1.55. The Kier molecular flexibility index (Phi) is 4.15. The van der Waals surface area contributed by atoms with Gasteiger partial charge in [0.1, 0.15) is 0 Å². The zero-order valence-corrected chi connectivity index (χ0v) is 11.3. The van der Waals surface area contributed by atoms with E-state index in [1.54, 1.807) is 6.07 Å². The van der Waals surface area contributed by atoms with Crippen molar-refractivity contribution in [2.24, 2.45) is 5.73 Å². The molecular weight excluding hydrogens is 305 g/mol. The van der Waals surface area contributed by atoms with Crippen molar-refractivity contribution in [2.45, 2.75) is 12.8 Å². The second kappa shape index (κ2) is 5.62. The van der Waals surface area contributed by atoms with Crippen LogP contribution in [0.4, 0.5) is 0 Å². The summed E-state index contributed by atoms with van der Waals surface area (Å²) in [5.74, 6) is 1.09. The third-order valence-electron chi connectivity index (χ3n) is 2.23. The third-order valence-corrected chi connectivity index (χ3v) is 3.05. The highest BCUT2D eigenvalue weighted by Gasteiger charge is 2.12. The number of aryl methyl sites for hydroxylation is 1. The topological polar surface area (TPSA) is 64.9 Å². The third kappa shape index (κ3) is 3.06. The number of rotatable bonds is 4. The lowest BCUT2D eigenvalue weighted by Gasteiger charge is -1.98. The van der Waals surface area contributed by atoms with Gasteiger partial charge in [-0.05, 0) is 31.2 Å². The number of nitrogens with two attached hydrogens (primary N) is 1. The van der Waals surface area contributed by atoms with Crippen LogP contribution in [0.2, 0.25) is 5.02 Å². The summed E-state index contributed by atoms with van der Waals surface area (Å²) in [5, 5.41) is 4.47. The first-order chi connectivity index (χ1) is 8.20. The highest BCUT2D eigenvalue weighted by atomic mass is 79.9. The molecule has 0 aliphatic carbocycles. The van der Waals surface area contributed by atoms with E-state index in [0.717, 1.165) is 16.5 Å². The standard InChI is InChI=1S/C11H11BrClN3O/c12-7-3-4-9(13)8(6-7)11-15-10(16-17-11)2-1-5-14/h3-4,6H,1-2,5,14H2. The van der Waals surface area contributed by atoms with Gasteiger partial charge in [0.05, 0.1) is 10.6 Å². The van der Waals surface area contributed by atoms with E-state index < -0.39 is 0 Å². The van der Waals surface area contributed by atoms with Crippen LogP contribution in [0.25, 0.3) is 11.5 Å². The van der Waals surface area contributed by atoms with Gasteiger partial charge in [-0.2, -0.15) is 4.98 Å². The Morgan fingerprint density at radius 2 is 2.24 bits per heavy atom. The van der Waals surface area contributed by atoms with Gasteiger partial charge in [-0.1, -0.05) is 32.7 Å². The summed E-state index contributed by atoms with van der Waals surface area (Å²) in [6.45, 7) is 0.613. The van der Waals surface area contributed by atoms with E-state index in [4.69, 9.17) is 21.9 Å². The minimum absolute atomic E-state index is 0.434. The molecular formula is C11H11BrClN3O. The molecule has 2 rings (SSSR count). The van der Waals surface area contributed by atoms with E-state index in [-0.39, 0.29) is 0 Å². The summed E-state index contributed by atoms with van der Waals surface area (Å²) in [7, 11) is 0. The van der Waals surface area contributed by atoms with Crippen LogP contribution < -0.4 is 5.73 Å². The van der Waals surface area contributed by atoms with Crippen LogP contribution in [0.1, 0.15) is 12.2 Å². The SMILES string of the molecule is NCCCc1noc(-c2cc(Br)ccc2Cl)n1. The van der Waals surface area contributed by atoms with Gasteiger partial charge < -0.3 is 10.3 Å². The highest BCUT2D eigenvalue weighted by molar-refractivity contribution is 9.10. The molecule has 0 saturated heterocycles. The molecule has 2 N–H and O–H groups in total. The predicted molar refractivity (Wildman–Crippen MR) is 69.8 cm³/mol. The van der Waals surface area contributed by atoms with Crippen molar-refractivity contribution in [1.29, 1.82) is 0 Å². The first kappa shape index (κ1) is 12.5. The summed E-state index contributed by atoms with van der Waals surface area (Å²) in [5.41, 5.74) is 6.15. The maximum Gasteiger partial charge on any atom is 0.259 e. The fourth-order valence-corrected chi connectivity index (χ4v) is 1.95. The summed E-state index contributed by atoms with van der Waals surface area (Å²) >= 11 is 9.45. The van der Waals surface area contributed by atoms with Crippen LogP contribution in [-0.2, 0) is 6.42 Å². The first-order valence-corrected chi connectivity index (χ1v) is 6.36. The Labute approximate surface area is 112 Å². The quantitative estimate of drug-likeness (QED) is 0.941. The number of nitrogens with zero attached hydrogens (tertiary/aromatic N) is 2. The van der Waals surface area contributed by atoms with E-state index in [0.29, 0.717) is 29.7 Å². The summed E-state index contributed by atoms with van der Waals surface area (Å²) in [4.78, 5) is 4.28. The maximum atomic E-state index is 6.08. The van der Waals surface area contributed by atoms with Crippen LogP contribution in [-0.4, -0.2) is 16.7 Å². The summed E-state index contributed by atoms with van der Waals surface area (Å²) in [6, 6.07) is 5.49. The molecule has 0 spiro atoms. The van der Waals surface area contributed by atoms with Crippen LogP contribution in [0.5, 0.6) is 0 Å². The van der Waals surface area contributed by atoms with Gasteiger partial charge in [0, 0.05) is 10.9 Å². The molecule has 0 amide bonds. The maximum absolute atomic E-state index is 6.08. The number of hydrogen-bond acceptors (Lipinski definition) is 4. The molecule has 0 fully saturated rings. The molecule has 0 unspecified atom stereocenters. The predicted octanol–water partition coefficient (Wildman–Crippen LogP) is 3.04. The van der Waals surface area contributed by atoms with Crippen molar-refractivity contribution in [3.8, 4) is 11.5 Å². The minimum atomic E-state index is 0.434. The largest absolute Gasteiger partial charge is 0.334 e. The molecule has 0 radical (unpaired) electrons. The Morgan fingerprint density at radius 3 is 3.00 bits per heavy atom. The van der Waals surface area contributed by atoms with Crippen LogP contribution in [0, 0.1) is 0 Å². The number of hydrogen-bond donors (Lipinski definition) is 1. The van der Waals surface area contributed by atoms with Gasteiger partial charge in [0.2, 0.25) is 0 Å². The van der Waals surface area contributed by atoms with Crippen molar-refractivity contribution in [2.75, 3.05) is 6.54 Å². The van der Waals surface area contributed by atoms with Crippen LogP contribution in [0.3, 0.4) is 0 Å². The molecule has 0 saturated carbocycles. The molecule has 4 nitrogen and oxygen atoms in total. The number of halogens is 2. The fraction of sp³-hybridized carbons (Fsp3) is 0.273. The monoisotopic (exact) mass is 315 g/mol. The number of aromatic nitrogens is 2. The Bertz CT molecular complexity index is 515. The van der Waals surface area contributed by atoms with Gasteiger partial charge in [-0.25, -0.2) is 0 Å². The minimum Gasteiger partial charge on any atom is -0.334 e. The van der Waals surface area contributed by atoms with Gasteiger partial charge in [-0.15, -0.1) is 0 Å². The molecule has 2 aromatic rings. The van der Waals surface area contributed by atoms with E-state index in [9.17, 15) is 0 Å². The van der Waals surface area contributed by atoms with Gasteiger partial charge in [0.15, 0.2) is 5.82 Å². The molecule has 1 heterocycles. The lowest BCUT2D eigenvalue weighted by atomic mass is 10.2. The number of benzene rings is 1. The smallest absolute Gasteiger partial charge is 0.259 e. The molecule has 0 aliphatic rings. The molecule has 17 heavy (non-hydrogen) atoms. The fourth-order valence-electron chi connectivity index (χ4n) is 1.39. The zero-order valence-electron chi connectivity index (χ0n) is 8.99. The van der Waals surface area contributed by atoms with E-state index in [1.165, 1.54) is 0 Å². The van der Waals surface area contributed by atoms with Crippen LogP contribution in [0.15, 0.2) is 27.2 Å². The molecule has 0 aliphatic heterocycles. The average molecular weight is 317 g/mol. The second-order valence-electron chi connectivity index (χ2n) is 3.53. The van der Waals surface area contributed by atoms with Crippen molar-refractivity contribution in [3.05, 3.63) is 33.5 Å². The molecule has 90 valence electrons. The first-order valence-electron chi connectivity index (χ1n) is 5.19. The van der Waals surface area contributed by atoms with E-state index >= 15 is 0 Å². The molecule has 1 aromatic heterocycles. The second-order valence-corrected chi connectivity index (χ2v) is 4.86. The average Bonchev–Trinajstić information content (AvgIpc) is 2.78. The van der Waals surface area contributed by atoms with Crippen molar-refractivity contribution in [3.63, 3.8) is 0 Å². The molecule has 6 heteroatoms. The lowest BCUT2D eigenvalue weighted by Crippen LogP contribution is -2.01. The summed E-state index contributed by atoms with van der Waals surface area (Å²) < 4.78 is 6.09. The lowest BCUT2D eigenvalue weighted by molar-refractivity contribution is 0.422. The Hall–Kier alpha value is -0.910.